The molecule has 2 aliphatic heterocycles. The maximum absolute atomic E-state index is 5.57. The average Bonchev–Trinajstić information content (AvgIpc) is 2.52. The Bertz CT molecular complexity index is 445. The van der Waals surface area contributed by atoms with Crippen molar-refractivity contribution in [2.45, 2.75) is 52.6 Å². The van der Waals surface area contributed by atoms with Crippen LogP contribution in [0.2, 0.25) is 0 Å². The number of likely N-dealkylation sites (N-methyl/N-ethyl adjacent to an activating group) is 2. The van der Waals surface area contributed by atoms with Crippen LogP contribution in [0.15, 0.2) is 22.5 Å². The van der Waals surface area contributed by atoms with E-state index in [2.05, 4.69) is 62.6 Å². The van der Waals surface area contributed by atoms with E-state index in [1.165, 1.54) is 22.5 Å². The molecule has 0 spiro atoms. The highest BCUT2D eigenvalue weighted by Crippen LogP contribution is 2.20. The minimum Gasteiger partial charge on any atom is -0.299 e. The summed E-state index contributed by atoms with van der Waals surface area (Å²) >= 11 is 0. The number of hydrogen-bond acceptors (Lipinski definition) is 6. The third kappa shape index (κ3) is 5.21. The highest BCUT2D eigenvalue weighted by atomic mass is 16.7. The lowest BCUT2D eigenvalue weighted by molar-refractivity contribution is -0.0232. The maximum atomic E-state index is 5.57. The first-order valence-electron chi connectivity index (χ1n) is 8.91. The van der Waals surface area contributed by atoms with Gasteiger partial charge in [0.05, 0.1) is 0 Å². The summed E-state index contributed by atoms with van der Waals surface area (Å²) in [5, 5.41) is 0. The van der Waals surface area contributed by atoms with Gasteiger partial charge >= 0.3 is 0 Å². The number of nitrogens with zero attached hydrogens (tertiary/aromatic N) is 2. The van der Waals surface area contributed by atoms with E-state index in [4.69, 9.17) is 9.68 Å². The molecule has 0 aliphatic carbocycles. The quantitative estimate of drug-likeness (QED) is 0.547. The predicted octanol–water partition coefficient (Wildman–Crippen LogP) is 2.02. The fourth-order valence-electron chi connectivity index (χ4n) is 3.12. The summed E-state index contributed by atoms with van der Waals surface area (Å²) in [6, 6.07) is 1.08. The lowest BCUT2D eigenvalue weighted by atomic mass is 10.0. The number of hydroxylamine groups is 2. The molecule has 2 rings (SSSR count). The summed E-state index contributed by atoms with van der Waals surface area (Å²) < 4.78 is 0. The normalized spacial score (nSPS) is 26.9. The number of hydrogen-bond donors (Lipinski definition) is 2. The molecule has 2 N–H and O–H groups in total. The van der Waals surface area contributed by atoms with Crippen LogP contribution in [0.25, 0.3) is 0 Å². The predicted molar refractivity (Wildman–Crippen MR) is 97.0 cm³/mol. The molecule has 0 radical (unpaired) electrons. The van der Waals surface area contributed by atoms with Gasteiger partial charge in [0, 0.05) is 49.4 Å². The molecule has 138 valence electrons. The second kappa shape index (κ2) is 8.85. The summed E-state index contributed by atoms with van der Waals surface area (Å²) in [6.07, 6.45) is 2.00. The lowest BCUT2D eigenvalue weighted by Gasteiger charge is -2.33. The van der Waals surface area contributed by atoms with Crippen LogP contribution in [0.1, 0.15) is 40.5 Å². The Labute approximate surface area is 146 Å². The molecule has 2 heterocycles. The van der Waals surface area contributed by atoms with E-state index in [1.807, 2.05) is 0 Å². The molecule has 24 heavy (non-hydrogen) atoms. The largest absolute Gasteiger partial charge is 0.299 e. The molecule has 2 aliphatic rings. The minimum absolute atomic E-state index is 0.510. The monoisotopic (exact) mass is 338 g/mol. The molecule has 2 atom stereocenters. The van der Waals surface area contributed by atoms with Gasteiger partial charge in [-0.1, -0.05) is 0 Å². The van der Waals surface area contributed by atoms with Crippen molar-refractivity contribution >= 4 is 0 Å². The molecule has 0 bridgehead atoms. The molecular weight excluding hydrogens is 304 g/mol. The second-order valence-corrected chi connectivity index (χ2v) is 7.36. The second-order valence-electron chi connectivity index (χ2n) is 7.36. The number of rotatable bonds is 7. The lowest BCUT2D eigenvalue weighted by Crippen LogP contribution is -2.39. The standard InChI is InChI=1S/C18H34N4O2/c1-13-11-21(5)15(3)9-17(13)19-23-7-8-24-20-18-10-16(4)22(6)12-14(18)2/h15-16,19-20H,7-12H2,1-6H3/t15-,16-/m0/s1. The van der Waals surface area contributed by atoms with Crippen LogP contribution >= 0.6 is 0 Å². The Morgan fingerprint density at radius 3 is 1.58 bits per heavy atom. The van der Waals surface area contributed by atoms with Gasteiger partial charge < -0.3 is 0 Å². The molecule has 6 nitrogen and oxygen atoms in total. The Hall–Kier alpha value is -1.08. The first-order valence-corrected chi connectivity index (χ1v) is 8.91. The molecule has 0 saturated heterocycles. The zero-order chi connectivity index (χ0) is 17.7. The van der Waals surface area contributed by atoms with Gasteiger partial charge in [-0.3, -0.25) is 30.4 Å². The fraction of sp³-hybridized carbons (Fsp3) is 0.778. The molecular formula is C18H34N4O2. The zero-order valence-electron chi connectivity index (χ0n) is 16.1. The van der Waals surface area contributed by atoms with Gasteiger partial charge in [-0.15, -0.1) is 0 Å². The zero-order valence-corrected chi connectivity index (χ0v) is 16.1. The van der Waals surface area contributed by atoms with Crippen LogP contribution in [0.4, 0.5) is 0 Å². The van der Waals surface area contributed by atoms with E-state index in [1.54, 1.807) is 0 Å². The van der Waals surface area contributed by atoms with Gasteiger partial charge in [-0.2, -0.15) is 0 Å². The maximum Gasteiger partial charge on any atom is 0.100 e. The van der Waals surface area contributed by atoms with Crippen LogP contribution < -0.4 is 11.0 Å². The summed E-state index contributed by atoms with van der Waals surface area (Å²) in [5.41, 5.74) is 11.3. The van der Waals surface area contributed by atoms with Crippen molar-refractivity contribution in [1.82, 2.24) is 20.8 Å². The molecule has 6 heteroatoms. The van der Waals surface area contributed by atoms with E-state index in [9.17, 15) is 0 Å². The van der Waals surface area contributed by atoms with Gasteiger partial charge in [-0.05, 0) is 52.9 Å². The topological polar surface area (TPSA) is 49.0 Å². The molecule has 0 saturated carbocycles. The molecule has 0 unspecified atom stereocenters. The average molecular weight is 338 g/mol. The van der Waals surface area contributed by atoms with Gasteiger partial charge in [0.2, 0.25) is 0 Å². The van der Waals surface area contributed by atoms with Crippen molar-refractivity contribution in [3.8, 4) is 0 Å². The van der Waals surface area contributed by atoms with Gasteiger partial charge in [0.1, 0.15) is 13.2 Å². The van der Waals surface area contributed by atoms with Crippen molar-refractivity contribution in [2.24, 2.45) is 0 Å². The van der Waals surface area contributed by atoms with Crippen LogP contribution in [0.5, 0.6) is 0 Å². The van der Waals surface area contributed by atoms with Crippen LogP contribution in [-0.2, 0) is 9.68 Å². The van der Waals surface area contributed by atoms with Crippen molar-refractivity contribution < 1.29 is 9.68 Å². The summed E-state index contributed by atoms with van der Waals surface area (Å²) in [6.45, 7) is 11.8. The van der Waals surface area contributed by atoms with Crippen LogP contribution in [0, 0.1) is 0 Å². The summed E-state index contributed by atoms with van der Waals surface area (Å²) in [7, 11) is 4.32. The van der Waals surface area contributed by atoms with E-state index in [-0.39, 0.29) is 0 Å². The van der Waals surface area contributed by atoms with Crippen molar-refractivity contribution in [3.05, 3.63) is 22.5 Å². The fourth-order valence-corrected chi connectivity index (χ4v) is 3.12. The van der Waals surface area contributed by atoms with E-state index in [0.29, 0.717) is 25.3 Å². The highest BCUT2D eigenvalue weighted by Gasteiger charge is 2.21. The third-order valence-electron chi connectivity index (χ3n) is 5.19. The Morgan fingerprint density at radius 1 is 0.833 bits per heavy atom. The summed E-state index contributed by atoms with van der Waals surface area (Å²) in [5.74, 6) is 0. The summed E-state index contributed by atoms with van der Waals surface area (Å²) in [4.78, 5) is 15.8. The van der Waals surface area contributed by atoms with Crippen molar-refractivity contribution in [2.75, 3.05) is 40.4 Å². The third-order valence-corrected chi connectivity index (χ3v) is 5.19. The van der Waals surface area contributed by atoms with E-state index < -0.39 is 0 Å². The Kier molecular flexibility index (Phi) is 7.10. The SMILES string of the molecule is CC1=C(NOCCONC2=C(C)CN(C)[C@@H](C)C2)C[C@H](C)N(C)C1. The van der Waals surface area contributed by atoms with Crippen molar-refractivity contribution in [1.29, 1.82) is 0 Å². The Balaban J connectivity index is 1.64. The van der Waals surface area contributed by atoms with Crippen molar-refractivity contribution in [3.63, 3.8) is 0 Å². The van der Waals surface area contributed by atoms with Gasteiger partial charge in [-0.25, -0.2) is 0 Å². The Morgan fingerprint density at radius 2 is 1.21 bits per heavy atom. The molecule has 0 aromatic heterocycles. The first kappa shape index (κ1) is 19.2. The van der Waals surface area contributed by atoms with E-state index >= 15 is 0 Å². The molecule has 0 amide bonds. The number of nitrogens with one attached hydrogen (secondary N) is 2. The molecule has 0 aromatic rings. The first-order chi connectivity index (χ1) is 11.4. The van der Waals surface area contributed by atoms with Crippen LogP contribution in [-0.4, -0.2) is 62.3 Å². The van der Waals surface area contributed by atoms with Gasteiger partial charge in [0.25, 0.3) is 0 Å². The van der Waals surface area contributed by atoms with Crippen LogP contribution in [0.3, 0.4) is 0 Å². The van der Waals surface area contributed by atoms with E-state index in [0.717, 1.165) is 25.9 Å². The molecule has 0 fully saturated rings. The smallest absolute Gasteiger partial charge is 0.100 e. The highest BCUT2D eigenvalue weighted by molar-refractivity contribution is 5.16. The van der Waals surface area contributed by atoms with Gasteiger partial charge in [0.15, 0.2) is 0 Å². The minimum atomic E-state index is 0.510. The molecule has 0 aromatic carbocycles.